The van der Waals surface area contributed by atoms with Crippen LogP contribution in [0, 0.1) is 5.92 Å². The molecule has 0 aliphatic heterocycles. The second kappa shape index (κ2) is 5.15. The average molecular weight is 229 g/mol. The number of hydrogen-bond donors (Lipinski definition) is 2. The Morgan fingerprint density at radius 1 is 1.24 bits per heavy atom. The lowest BCUT2D eigenvalue weighted by atomic mass is 10.1. The Morgan fingerprint density at radius 3 is 2.53 bits per heavy atom. The van der Waals surface area contributed by atoms with Crippen molar-refractivity contribution in [2.24, 2.45) is 11.7 Å². The topological polar surface area (TPSA) is 54.7 Å². The summed E-state index contributed by atoms with van der Waals surface area (Å²) in [4.78, 5) is 7.76. The highest BCUT2D eigenvalue weighted by Crippen LogP contribution is 2.17. The number of rotatable bonds is 4. The van der Waals surface area contributed by atoms with Gasteiger partial charge in [-0.3, -0.25) is 0 Å². The van der Waals surface area contributed by atoms with Crippen molar-refractivity contribution in [1.29, 1.82) is 0 Å². The zero-order valence-corrected chi connectivity index (χ0v) is 10.4. The minimum absolute atomic E-state index is 0.580. The number of nitrogens with zero attached hydrogens (tertiary/aromatic N) is 1. The van der Waals surface area contributed by atoms with E-state index in [9.17, 15) is 0 Å². The highest BCUT2D eigenvalue weighted by atomic mass is 14.9. The van der Waals surface area contributed by atoms with Gasteiger partial charge in [0.05, 0.1) is 0 Å². The second-order valence-corrected chi connectivity index (χ2v) is 4.76. The van der Waals surface area contributed by atoms with E-state index in [1.807, 2.05) is 18.3 Å². The van der Waals surface area contributed by atoms with Gasteiger partial charge in [-0.1, -0.05) is 38.1 Å². The van der Waals surface area contributed by atoms with Gasteiger partial charge in [0.2, 0.25) is 0 Å². The first kappa shape index (κ1) is 11.9. The molecule has 3 nitrogen and oxygen atoms in total. The second-order valence-electron chi connectivity index (χ2n) is 4.76. The molecule has 0 radical (unpaired) electrons. The quantitative estimate of drug-likeness (QED) is 0.847. The van der Waals surface area contributed by atoms with Crippen molar-refractivity contribution in [1.82, 2.24) is 9.97 Å². The minimum Gasteiger partial charge on any atom is -0.342 e. The first-order chi connectivity index (χ1) is 8.19. The molecule has 0 saturated carbocycles. The molecule has 0 aliphatic rings. The lowest BCUT2D eigenvalue weighted by molar-refractivity contribution is 0.638. The van der Waals surface area contributed by atoms with Crippen LogP contribution in [-0.2, 0) is 13.0 Å². The number of H-pyrrole nitrogens is 1. The molecule has 0 bridgehead atoms. The molecule has 0 unspecified atom stereocenters. The lowest BCUT2D eigenvalue weighted by Crippen LogP contribution is -1.95. The smallest absolute Gasteiger partial charge is 0.137 e. The number of aromatic amines is 1. The van der Waals surface area contributed by atoms with Gasteiger partial charge < -0.3 is 10.7 Å². The Morgan fingerprint density at radius 2 is 1.94 bits per heavy atom. The molecule has 90 valence electrons. The van der Waals surface area contributed by atoms with E-state index in [4.69, 9.17) is 5.73 Å². The maximum Gasteiger partial charge on any atom is 0.137 e. The first-order valence-electron chi connectivity index (χ1n) is 6.02. The summed E-state index contributed by atoms with van der Waals surface area (Å²) >= 11 is 0. The predicted octanol–water partition coefficient (Wildman–Crippen LogP) is 2.73. The molecule has 0 aliphatic carbocycles. The molecular formula is C14H19N3. The van der Waals surface area contributed by atoms with Gasteiger partial charge in [0.25, 0.3) is 0 Å². The van der Waals surface area contributed by atoms with Crippen molar-refractivity contribution in [3.63, 3.8) is 0 Å². The Hall–Kier alpha value is -1.61. The van der Waals surface area contributed by atoms with E-state index in [0.29, 0.717) is 12.5 Å². The summed E-state index contributed by atoms with van der Waals surface area (Å²) in [6.45, 7) is 4.99. The Bertz CT molecular complexity index is 468. The van der Waals surface area contributed by atoms with Gasteiger partial charge in [-0.2, -0.15) is 0 Å². The highest BCUT2D eigenvalue weighted by molar-refractivity contribution is 5.55. The van der Waals surface area contributed by atoms with Crippen molar-refractivity contribution in [3.05, 3.63) is 41.7 Å². The number of hydrogen-bond acceptors (Lipinski definition) is 2. The monoisotopic (exact) mass is 229 g/mol. The number of benzene rings is 1. The van der Waals surface area contributed by atoms with Crippen LogP contribution in [0.15, 0.2) is 30.5 Å². The van der Waals surface area contributed by atoms with Gasteiger partial charge in [-0.05, 0) is 17.9 Å². The number of nitrogens with one attached hydrogen (secondary N) is 1. The van der Waals surface area contributed by atoms with Crippen molar-refractivity contribution < 1.29 is 0 Å². The molecule has 1 aromatic carbocycles. The minimum atomic E-state index is 0.580. The summed E-state index contributed by atoms with van der Waals surface area (Å²) in [5, 5.41) is 0. The molecule has 2 aromatic rings. The Kier molecular flexibility index (Phi) is 3.59. The molecule has 2 rings (SSSR count). The zero-order valence-electron chi connectivity index (χ0n) is 10.4. The van der Waals surface area contributed by atoms with Crippen molar-refractivity contribution in [2.45, 2.75) is 26.8 Å². The van der Waals surface area contributed by atoms with Crippen LogP contribution in [0.2, 0.25) is 0 Å². The van der Waals surface area contributed by atoms with Crippen LogP contribution in [-0.4, -0.2) is 9.97 Å². The third kappa shape index (κ3) is 2.94. The predicted molar refractivity (Wildman–Crippen MR) is 70.5 cm³/mol. The van der Waals surface area contributed by atoms with E-state index < -0.39 is 0 Å². The van der Waals surface area contributed by atoms with Gasteiger partial charge in [0.1, 0.15) is 5.82 Å². The van der Waals surface area contributed by atoms with Gasteiger partial charge in [-0.25, -0.2) is 4.98 Å². The SMILES string of the molecule is CC(C)Cc1cnc(-c2ccc(CN)cc2)[nH]1. The summed E-state index contributed by atoms with van der Waals surface area (Å²) in [5.74, 6) is 1.58. The summed E-state index contributed by atoms with van der Waals surface area (Å²) in [6.07, 6.45) is 2.96. The summed E-state index contributed by atoms with van der Waals surface area (Å²) in [7, 11) is 0. The van der Waals surface area contributed by atoms with E-state index in [-0.39, 0.29) is 0 Å². The third-order valence-corrected chi connectivity index (χ3v) is 2.72. The van der Waals surface area contributed by atoms with E-state index in [2.05, 4.69) is 35.9 Å². The van der Waals surface area contributed by atoms with Crippen LogP contribution in [0.5, 0.6) is 0 Å². The van der Waals surface area contributed by atoms with Crippen molar-refractivity contribution >= 4 is 0 Å². The fourth-order valence-electron chi connectivity index (χ4n) is 1.85. The molecular weight excluding hydrogens is 210 g/mol. The van der Waals surface area contributed by atoms with Crippen molar-refractivity contribution in [2.75, 3.05) is 0 Å². The number of imidazole rings is 1. The lowest BCUT2D eigenvalue weighted by Gasteiger charge is -2.01. The van der Waals surface area contributed by atoms with Crippen LogP contribution in [0.25, 0.3) is 11.4 Å². The highest BCUT2D eigenvalue weighted by Gasteiger charge is 2.04. The molecule has 0 saturated heterocycles. The van der Waals surface area contributed by atoms with Crippen LogP contribution in [0.3, 0.4) is 0 Å². The third-order valence-electron chi connectivity index (χ3n) is 2.72. The van der Waals surface area contributed by atoms with Gasteiger partial charge in [0.15, 0.2) is 0 Å². The normalized spacial score (nSPS) is 11.1. The van der Waals surface area contributed by atoms with E-state index >= 15 is 0 Å². The molecule has 17 heavy (non-hydrogen) atoms. The average Bonchev–Trinajstić information content (AvgIpc) is 2.77. The van der Waals surface area contributed by atoms with E-state index in [0.717, 1.165) is 23.4 Å². The summed E-state index contributed by atoms with van der Waals surface area (Å²) in [6, 6.07) is 8.19. The maximum atomic E-state index is 5.57. The molecule has 0 amide bonds. The molecule has 3 N–H and O–H groups in total. The van der Waals surface area contributed by atoms with Crippen LogP contribution in [0.1, 0.15) is 25.1 Å². The van der Waals surface area contributed by atoms with Gasteiger partial charge in [0, 0.05) is 24.0 Å². The Balaban J connectivity index is 2.18. The standard InChI is InChI=1S/C14H19N3/c1-10(2)7-13-9-16-14(17-13)12-5-3-11(8-15)4-6-12/h3-6,9-10H,7-8,15H2,1-2H3,(H,16,17). The number of aromatic nitrogens is 2. The fourth-order valence-corrected chi connectivity index (χ4v) is 1.85. The van der Waals surface area contributed by atoms with Gasteiger partial charge >= 0.3 is 0 Å². The molecule has 0 spiro atoms. The molecule has 0 fully saturated rings. The van der Waals surface area contributed by atoms with Crippen LogP contribution in [0.4, 0.5) is 0 Å². The number of nitrogens with two attached hydrogens (primary N) is 1. The zero-order chi connectivity index (χ0) is 12.3. The summed E-state index contributed by atoms with van der Waals surface area (Å²) < 4.78 is 0. The Labute approximate surface area is 102 Å². The molecule has 3 heteroatoms. The largest absolute Gasteiger partial charge is 0.342 e. The first-order valence-corrected chi connectivity index (χ1v) is 6.02. The van der Waals surface area contributed by atoms with Crippen LogP contribution < -0.4 is 5.73 Å². The molecule has 1 aromatic heterocycles. The maximum absolute atomic E-state index is 5.57. The van der Waals surface area contributed by atoms with Crippen molar-refractivity contribution in [3.8, 4) is 11.4 Å². The van der Waals surface area contributed by atoms with E-state index in [1.54, 1.807) is 0 Å². The van der Waals surface area contributed by atoms with Crippen LogP contribution >= 0.6 is 0 Å². The summed E-state index contributed by atoms with van der Waals surface area (Å²) in [5.41, 5.74) is 9.02. The molecule has 1 heterocycles. The van der Waals surface area contributed by atoms with Gasteiger partial charge in [-0.15, -0.1) is 0 Å². The fraction of sp³-hybridized carbons (Fsp3) is 0.357. The molecule has 0 atom stereocenters. The van der Waals surface area contributed by atoms with E-state index in [1.165, 1.54) is 5.69 Å².